The van der Waals surface area contributed by atoms with E-state index in [1.807, 2.05) is 24.1 Å². The normalized spacial score (nSPS) is 17.4. The number of piperidine rings is 1. The van der Waals surface area contributed by atoms with E-state index in [1.54, 1.807) is 24.4 Å². The van der Waals surface area contributed by atoms with Gasteiger partial charge >= 0.3 is 0 Å². The summed E-state index contributed by atoms with van der Waals surface area (Å²) in [6.07, 6.45) is 3.20. The molecule has 2 aromatic rings. The Labute approximate surface area is 169 Å². The number of benzene rings is 1. The second-order valence-corrected chi connectivity index (χ2v) is 7.50. The average Bonchev–Trinajstić information content (AvgIpc) is 2.87. The number of anilines is 4. The van der Waals surface area contributed by atoms with Gasteiger partial charge in [-0.1, -0.05) is 0 Å². The zero-order valence-electron chi connectivity index (χ0n) is 16.4. The fraction of sp³-hybridized carbons (Fsp3) is 0.381. The van der Waals surface area contributed by atoms with Crippen molar-refractivity contribution in [3.8, 4) is 0 Å². The Hall–Kier alpha value is -3.13. The Bertz CT molecular complexity index is 924. The lowest BCUT2D eigenvalue weighted by atomic mass is 10.1. The van der Waals surface area contributed by atoms with Crippen LogP contribution in [0.2, 0.25) is 0 Å². The van der Waals surface area contributed by atoms with Crippen molar-refractivity contribution in [2.75, 3.05) is 47.1 Å². The maximum Gasteiger partial charge on any atom is 0.255 e. The minimum absolute atomic E-state index is 0.0602. The third-order valence-electron chi connectivity index (χ3n) is 5.42. The summed E-state index contributed by atoms with van der Waals surface area (Å²) in [4.78, 5) is 33.4. The molecule has 29 heavy (non-hydrogen) atoms. The summed E-state index contributed by atoms with van der Waals surface area (Å²) in [5, 5.41) is 15.6. The molecule has 1 aromatic heterocycles. The van der Waals surface area contributed by atoms with Gasteiger partial charge in [-0.05, 0) is 43.2 Å². The minimum atomic E-state index is -0.277. The van der Waals surface area contributed by atoms with Crippen molar-refractivity contribution >= 4 is 34.7 Å². The molecule has 2 amide bonds. The van der Waals surface area contributed by atoms with Crippen LogP contribution in [0.1, 0.15) is 29.6 Å². The molecule has 2 aliphatic rings. The van der Waals surface area contributed by atoms with Gasteiger partial charge in [0.2, 0.25) is 5.91 Å². The van der Waals surface area contributed by atoms with Crippen molar-refractivity contribution in [1.82, 2.24) is 4.98 Å². The number of rotatable bonds is 3. The van der Waals surface area contributed by atoms with Crippen molar-refractivity contribution in [3.63, 3.8) is 0 Å². The number of nitrogens with zero attached hydrogens (tertiary/aromatic N) is 3. The molecule has 1 saturated heterocycles. The molecule has 3 heterocycles. The molecule has 1 fully saturated rings. The molecule has 8 nitrogen and oxygen atoms in total. The summed E-state index contributed by atoms with van der Waals surface area (Å²) in [5.41, 5.74) is 2.62. The van der Waals surface area contributed by atoms with E-state index in [1.165, 1.54) is 0 Å². The predicted octanol–water partition coefficient (Wildman–Crippen LogP) is 2.07. The van der Waals surface area contributed by atoms with Gasteiger partial charge in [-0.2, -0.15) is 0 Å². The van der Waals surface area contributed by atoms with Crippen molar-refractivity contribution in [2.45, 2.75) is 25.4 Å². The van der Waals surface area contributed by atoms with E-state index in [2.05, 4.69) is 20.5 Å². The Morgan fingerprint density at radius 2 is 2.03 bits per heavy atom. The number of aliphatic hydroxyl groups is 1. The van der Waals surface area contributed by atoms with Gasteiger partial charge in [0.15, 0.2) is 5.82 Å². The van der Waals surface area contributed by atoms with Crippen LogP contribution in [0.25, 0.3) is 0 Å². The second-order valence-electron chi connectivity index (χ2n) is 7.50. The first-order chi connectivity index (χ1) is 14.0. The molecular weight excluding hydrogens is 370 g/mol. The summed E-state index contributed by atoms with van der Waals surface area (Å²) in [5.74, 6) is 0.380. The fourth-order valence-electron chi connectivity index (χ4n) is 3.73. The summed E-state index contributed by atoms with van der Waals surface area (Å²) in [6, 6.07) is 8.92. The fourth-order valence-corrected chi connectivity index (χ4v) is 3.73. The highest BCUT2D eigenvalue weighted by molar-refractivity contribution is 6.07. The van der Waals surface area contributed by atoms with Crippen LogP contribution in [0.5, 0.6) is 0 Å². The maximum absolute atomic E-state index is 12.9. The molecule has 2 aliphatic heterocycles. The van der Waals surface area contributed by atoms with E-state index in [0.717, 1.165) is 5.69 Å². The number of nitrogens with one attached hydrogen (secondary N) is 2. The Kier molecular flexibility index (Phi) is 5.35. The largest absolute Gasteiger partial charge is 0.393 e. The van der Waals surface area contributed by atoms with Gasteiger partial charge in [0.05, 0.1) is 23.2 Å². The van der Waals surface area contributed by atoms with Crippen molar-refractivity contribution in [3.05, 3.63) is 42.1 Å². The quantitative estimate of drug-likeness (QED) is 0.736. The molecule has 0 bridgehead atoms. The van der Waals surface area contributed by atoms with Gasteiger partial charge in [0, 0.05) is 44.9 Å². The zero-order valence-corrected chi connectivity index (χ0v) is 16.4. The van der Waals surface area contributed by atoms with Crippen LogP contribution in [0, 0.1) is 0 Å². The number of carbonyl (C=O) groups is 2. The van der Waals surface area contributed by atoms with Gasteiger partial charge in [-0.15, -0.1) is 0 Å². The summed E-state index contributed by atoms with van der Waals surface area (Å²) >= 11 is 0. The van der Waals surface area contributed by atoms with Crippen LogP contribution >= 0.6 is 0 Å². The van der Waals surface area contributed by atoms with Crippen molar-refractivity contribution in [1.29, 1.82) is 0 Å². The van der Waals surface area contributed by atoms with Gasteiger partial charge in [-0.3, -0.25) is 9.59 Å². The number of aromatic nitrogens is 1. The van der Waals surface area contributed by atoms with Gasteiger partial charge in [0.1, 0.15) is 0 Å². The van der Waals surface area contributed by atoms with E-state index in [4.69, 9.17) is 0 Å². The molecule has 3 N–H and O–H groups in total. The van der Waals surface area contributed by atoms with Crippen LogP contribution in [0.15, 0.2) is 36.5 Å². The molecule has 4 rings (SSSR count). The number of hydrogen-bond acceptors (Lipinski definition) is 6. The highest BCUT2D eigenvalue weighted by atomic mass is 16.3. The van der Waals surface area contributed by atoms with E-state index in [9.17, 15) is 14.7 Å². The number of aliphatic hydroxyl groups excluding tert-OH is 1. The minimum Gasteiger partial charge on any atom is -0.393 e. The summed E-state index contributed by atoms with van der Waals surface area (Å²) in [6.45, 7) is 2.02. The van der Waals surface area contributed by atoms with Crippen LogP contribution in [0.4, 0.5) is 22.9 Å². The Morgan fingerprint density at radius 1 is 1.24 bits per heavy atom. The highest BCUT2D eigenvalue weighted by Gasteiger charge is 2.22. The molecule has 152 valence electrons. The van der Waals surface area contributed by atoms with E-state index in [-0.39, 0.29) is 17.9 Å². The standard InChI is InChI=1S/C21H25N5O3/c1-25-10-8-19(28)23-17-13-14(4-5-18(17)25)21(29)24-16-3-2-9-22-20(16)26-11-6-15(27)7-12-26/h2-5,9,13,15,27H,6-8,10-12H2,1H3,(H,23,28)(H,24,29). The molecule has 1 aromatic carbocycles. The molecule has 0 atom stereocenters. The van der Waals surface area contributed by atoms with E-state index < -0.39 is 0 Å². The smallest absolute Gasteiger partial charge is 0.255 e. The third-order valence-corrected chi connectivity index (χ3v) is 5.42. The average molecular weight is 395 g/mol. The summed E-state index contributed by atoms with van der Waals surface area (Å²) in [7, 11) is 1.93. The van der Waals surface area contributed by atoms with E-state index in [0.29, 0.717) is 61.7 Å². The first kappa shape index (κ1) is 19.2. The maximum atomic E-state index is 12.9. The number of carbonyl (C=O) groups excluding carboxylic acids is 2. The molecule has 0 radical (unpaired) electrons. The van der Waals surface area contributed by atoms with Crippen LogP contribution in [0.3, 0.4) is 0 Å². The SMILES string of the molecule is CN1CCC(=O)Nc2cc(C(=O)Nc3cccnc3N3CCC(O)CC3)ccc21. The molecular formula is C21H25N5O3. The summed E-state index contributed by atoms with van der Waals surface area (Å²) < 4.78 is 0. The Balaban J connectivity index is 1.55. The lowest BCUT2D eigenvalue weighted by molar-refractivity contribution is -0.115. The molecule has 0 saturated carbocycles. The first-order valence-electron chi connectivity index (χ1n) is 9.85. The van der Waals surface area contributed by atoms with Gasteiger partial charge < -0.3 is 25.5 Å². The first-order valence-corrected chi connectivity index (χ1v) is 9.85. The lowest BCUT2D eigenvalue weighted by Crippen LogP contribution is -2.36. The second kappa shape index (κ2) is 8.08. The Morgan fingerprint density at radius 3 is 2.83 bits per heavy atom. The van der Waals surface area contributed by atoms with Crippen LogP contribution in [-0.2, 0) is 4.79 Å². The van der Waals surface area contributed by atoms with Crippen LogP contribution in [-0.4, -0.2) is 54.7 Å². The van der Waals surface area contributed by atoms with Gasteiger partial charge in [0.25, 0.3) is 5.91 Å². The number of hydrogen-bond donors (Lipinski definition) is 3. The number of amides is 2. The molecule has 0 unspecified atom stereocenters. The lowest BCUT2D eigenvalue weighted by Gasteiger charge is -2.31. The molecule has 0 aliphatic carbocycles. The number of pyridine rings is 1. The molecule has 8 heteroatoms. The van der Waals surface area contributed by atoms with Gasteiger partial charge in [-0.25, -0.2) is 4.98 Å². The van der Waals surface area contributed by atoms with Crippen molar-refractivity contribution in [2.24, 2.45) is 0 Å². The topological polar surface area (TPSA) is 97.8 Å². The van der Waals surface area contributed by atoms with E-state index >= 15 is 0 Å². The van der Waals surface area contributed by atoms with Crippen molar-refractivity contribution < 1.29 is 14.7 Å². The number of fused-ring (bicyclic) bond motifs is 1. The highest BCUT2D eigenvalue weighted by Crippen LogP contribution is 2.30. The van der Waals surface area contributed by atoms with Crippen LogP contribution < -0.4 is 20.4 Å². The monoisotopic (exact) mass is 395 g/mol. The zero-order chi connectivity index (χ0) is 20.4. The third kappa shape index (κ3) is 4.17. The predicted molar refractivity (Wildman–Crippen MR) is 113 cm³/mol. The molecule has 0 spiro atoms.